The van der Waals surface area contributed by atoms with E-state index in [4.69, 9.17) is 14.0 Å². The second-order valence-electron chi connectivity index (χ2n) is 10.8. The first-order valence-electron chi connectivity index (χ1n) is 12.3. The maximum absolute atomic E-state index is 11.5. The Kier molecular flexibility index (Phi) is 6.60. The average molecular weight is 529 g/mol. The Bertz CT molecular complexity index is 1120. The maximum atomic E-state index is 11.5. The van der Waals surface area contributed by atoms with Crippen LogP contribution in [0.3, 0.4) is 0 Å². The largest absolute Gasteiger partial charge is 0.479 e. The fourth-order valence-electron chi connectivity index (χ4n) is 7.23. The van der Waals surface area contributed by atoms with Gasteiger partial charge in [0.2, 0.25) is 0 Å². The van der Waals surface area contributed by atoms with E-state index in [1.54, 1.807) is 12.1 Å². The van der Waals surface area contributed by atoms with Crippen LogP contribution in [0.15, 0.2) is 18.2 Å². The van der Waals surface area contributed by atoms with Gasteiger partial charge in [-0.05, 0) is 85.0 Å². The van der Waals surface area contributed by atoms with Gasteiger partial charge in [0.05, 0.1) is 6.10 Å². The minimum atomic E-state index is -4.59. The third-order valence-corrected chi connectivity index (χ3v) is 9.33. The van der Waals surface area contributed by atoms with Crippen LogP contribution >= 0.6 is 0 Å². The number of carbonyl (C=O) groups is 1. The monoisotopic (exact) mass is 528 g/mol. The van der Waals surface area contributed by atoms with E-state index in [1.807, 2.05) is 6.07 Å². The van der Waals surface area contributed by atoms with Crippen molar-refractivity contribution >= 4 is 16.4 Å². The lowest BCUT2D eigenvalue weighted by Crippen LogP contribution is -2.61. The van der Waals surface area contributed by atoms with Crippen molar-refractivity contribution < 1.29 is 51.8 Å². The van der Waals surface area contributed by atoms with Crippen molar-refractivity contribution in [1.29, 1.82) is 0 Å². The molecule has 1 aromatic carbocycles. The molecule has 0 spiro atoms. The molecule has 1 aromatic rings. The van der Waals surface area contributed by atoms with Crippen molar-refractivity contribution in [3.05, 3.63) is 29.3 Å². The third kappa shape index (κ3) is 4.42. The number of aliphatic hydroxyl groups is 3. The summed E-state index contributed by atoms with van der Waals surface area (Å²) in [6.45, 7) is 2.15. The lowest BCUT2D eigenvalue weighted by Gasteiger charge is -2.51. The number of fused-ring (bicyclic) bond motifs is 5. The quantitative estimate of drug-likeness (QED) is 0.344. The van der Waals surface area contributed by atoms with Crippen molar-refractivity contribution in [2.24, 2.45) is 17.3 Å². The second-order valence-corrected chi connectivity index (χ2v) is 11.8. The molecule has 5 N–H and O–H groups in total. The predicted molar refractivity (Wildman–Crippen MR) is 122 cm³/mol. The number of aliphatic hydroxyl groups excluding tert-OH is 3. The van der Waals surface area contributed by atoms with Gasteiger partial charge in [-0.3, -0.25) is 4.55 Å². The van der Waals surface area contributed by atoms with Crippen molar-refractivity contribution in [2.75, 3.05) is 0 Å². The molecule has 0 bridgehead atoms. The standard InChI is InChI=1S/C24H32O11S/c1-24-9-8-14-13-5-3-12(35-36(30,31)32)10-11(13)2-4-15(14)16(24)6-7-17(24)33-23-20(27)18(25)19(26)21(34-23)22(28)29/h3,5,10,14-21,23,25-27H,2,4,6-9H2,1H3,(H,28,29)(H,30,31,32)/t14-,15-,16+,17+,18?,19?,20?,21?,23?,24+/m0/s1. The molecule has 2 saturated carbocycles. The molecule has 36 heavy (non-hydrogen) atoms. The second kappa shape index (κ2) is 9.19. The highest BCUT2D eigenvalue weighted by Crippen LogP contribution is 2.62. The first-order valence-corrected chi connectivity index (χ1v) is 13.6. The molecule has 200 valence electrons. The van der Waals surface area contributed by atoms with Crippen LogP contribution < -0.4 is 4.18 Å². The maximum Gasteiger partial charge on any atom is 0.446 e. The molecule has 1 saturated heterocycles. The van der Waals surface area contributed by atoms with Gasteiger partial charge >= 0.3 is 16.4 Å². The van der Waals surface area contributed by atoms with E-state index in [-0.39, 0.29) is 23.2 Å². The number of ether oxygens (including phenoxy) is 2. The first kappa shape index (κ1) is 25.8. The molecule has 5 unspecified atom stereocenters. The molecule has 1 aliphatic heterocycles. The van der Waals surface area contributed by atoms with E-state index in [9.17, 15) is 33.6 Å². The molecular weight excluding hydrogens is 496 g/mol. The van der Waals surface area contributed by atoms with E-state index >= 15 is 0 Å². The molecule has 12 heteroatoms. The lowest BCUT2D eigenvalue weighted by atomic mass is 9.55. The van der Waals surface area contributed by atoms with Crippen LogP contribution in [0.4, 0.5) is 0 Å². The summed E-state index contributed by atoms with van der Waals surface area (Å²) in [5.41, 5.74) is 1.93. The zero-order chi connectivity index (χ0) is 26.0. The van der Waals surface area contributed by atoms with Crippen LogP contribution in [0.2, 0.25) is 0 Å². The summed E-state index contributed by atoms with van der Waals surface area (Å²) in [6, 6.07) is 5.11. The van der Waals surface area contributed by atoms with Crippen LogP contribution in [0, 0.1) is 17.3 Å². The minimum absolute atomic E-state index is 0.0858. The number of carboxylic acids is 1. The normalized spacial score (nSPS) is 42.2. The fourth-order valence-corrected chi connectivity index (χ4v) is 7.58. The molecule has 0 aromatic heterocycles. The first-order chi connectivity index (χ1) is 16.9. The Morgan fingerprint density at radius 1 is 1.08 bits per heavy atom. The van der Waals surface area contributed by atoms with Crippen LogP contribution in [0.25, 0.3) is 0 Å². The zero-order valence-electron chi connectivity index (χ0n) is 19.8. The molecule has 1 heterocycles. The number of carboxylic acid groups (broad SMARTS) is 1. The van der Waals surface area contributed by atoms with Gasteiger partial charge < -0.3 is 34.1 Å². The predicted octanol–water partition coefficient (Wildman–Crippen LogP) is 1.00. The van der Waals surface area contributed by atoms with E-state index in [2.05, 4.69) is 11.1 Å². The molecule has 3 fully saturated rings. The van der Waals surface area contributed by atoms with Crippen molar-refractivity contribution in [2.45, 2.75) is 88.2 Å². The Labute approximate surface area is 208 Å². The summed E-state index contributed by atoms with van der Waals surface area (Å²) < 4.78 is 47.3. The van der Waals surface area contributed by atoms with Crippen LogP contribution in [0.5, 0.6) is 5.75 Å². The summed E-state index contributed by atoms with van der Waals surface area (Å²) in [7, 11) is -4.59. The lowest BCUT2D eigenvalue weighted by molar-refractivity contribution is -0.312. The van der Waals surface area contributed by atoms with Gasteiger partial charge in [0.25, 0.3) is 0 Å². The number of hydrogen-bond donors (Lipinski definition) is 5. The smallest absolute Gasteiger partial charge is 0.446 e. The average Bonchev–Trinajstić information content (AvgIpc) is 3.13. The van der Waals surface area contributed by atoms with E-state index in [1.165, 1.54) is 0 Å². The molecule has 10 atom stereocenters. The van der Waals surface area contributed by atoms with E-state index in [0.717, 1.165) is 43.2 Å². The van der Waals surface area contributed by atoms with Crippen LogP contribution in [-0.4, -0.2) is 76.2 Å². The van der Waals surface area contributed by atoms with Crippen molar-refractivity contribution in [3.8, 4) is 5.75 Å². The molecule has 11 nitrogen and oxygen atoms in total. The topological polar surface area (TPSA) is 180 Å². The Balaban J connectivity index is 1.32. The van der Waals surface area contributed by atoms with Gasteiger partial charge in [0.1, 0.15) is 24.1 Å². The number of aliphatic carboxylic acids is 1. The van der Waals surface area contributed by atoms with Gasteiger partial charge in [-0.15, -0.1) is 0 Å². The summed E-state index contributed by atoms with van der Waals surface area (Å²) in [5, 5.41) is 39.9. The summed E-state index contributed by atoms with van der Waals surface area (Å²) in [6.07, 6.45) is -3.49. The Morgan fingerprint density at radius 3 is 2.53 bits per heavy atom. The van der Waals surface area contributed by atoms with E-state index in [0.29, 0.717) is 18.3 Å². The van der Waals surface area contributed by atoms with Crippen molar-refractivity contribution in [1.82, 2.24) is 0 Å². The number of aryl methyl sites for hydroxylation is 1. The van der Waals surface area contributed by atoms with Gasteiger partial charge in [-0.25, -0.2) is 4.79 Å². The molecule has 0 amide bonds. The van der Waals surface area contributed by atoms with Crippen molar-refractivity contribution in [3.63, 3.8) is 0 Å². The molecular formula is C24H32O11S. The Hall–Kier alpha value is -1.80. The number of benzene rings is 1. The summed E-state index contributed by atoms with van der Waals surface area (Å²) >= 11 is 0. The highest BCUT2D eigenvalue weighted by Gasteiger charge is 2.57. The third-order valence-electron chi connectivity index (χ3n) is 8.92. The number of rotatable bonds is 5. The SMILES string of the molecule is C[C@@]12CC[C@H]3c4ccc(OS(=O)(=O)O)cc4CC[C@@H]3[C@H]1CC[C@H]2OC1OC(C(=O)O)C(O)C(O)C1O. The Morgan fingerprint density at radius 2 is 1.83 bits per heavy atom. The van der Waals surface area contributed by atoms with E-state index < -0.39 is 47.1 Å². The fraction of sp³-hybridized carbons (Fsp3) is 0.708. The summed E-state index contributed by atoms with van der Waals surface area (Å²) in [5.74, 6) is -0.383. The van der Waals surface area contributed by atoms with Crippen LogP contribution in [-0.2, 0) is 31.1 Å². The van der Waals surface area contributed by atoms with Gasteiger partial charge in [0, 0.05) is 0 Å². The van der Waals surface area contributed by atoms with Crippen LogP contribution in [0.1, 0.15) is 56.1 Å². The molecule has 0 radical (unpaired) electrons. The number of hydrogen-bond acceptors (Lipinski definition) is 9. The molecule has 5 rings (SSSR count). The zero-order valence-corrected chi connectivity index (χ0v) is 20.6. The van der Waals surface area contributed by atoms with Gasteiger partial charge in [-0.2, -0.15) is 8.42 Å². The summed E-state index contributed by atoms with van der Waals surface area (Å²) in [4.78, 5) is 11.5. The molecule has 4 aliphatic rings. The highest BCUT2D eigenvalue weighted by molar-refractivity contribution is 7.81. The minimum Gasteiger partial charge on any atom is -0.479 e. The highest BCUT2D eigenvalue weighted by atomic mass is 32.3. The van der Waals surface area contributed by atoms with Gasteiger partial charge in [-0.1, -0.05) is 13.0 Å². The van der Waals surface area contributed by atoms with Gasteiger partial charge in [0.15, 0.2) is 12.4 Å². The molecule has 3 aliphatic carbocycles.